The van der Waals surface area contributed by atoms with Crippen LogP contribution in [-0.2, 0) is 4.79 Å². The van der Waals surface area contributed by atoms with Crippen molar-refractivity contribution in [3.63, 3.8) is 0 Å². The second-order valence-electron chi connectivity index (χ2n) is 7.61. The molecular formula is C23H23Cl3N4O3S. The van der Waals surface area contributed by atoms with Gasteiger partial charge in [0.1, 0.15) is 6.17 Å². The standard InChI is InChI=1S/C23H23Cl3N4O3S/c1-2-3-4-13-18(31)28-21(23(24,25)26)29-22(34)27-16-11-7-8-12-17(16)30-19(32)14-9-5-6-10-15(14)20(30)33/h5-12,21H,2-4,13H2,1H3,(H,28,31)(H2,27,29,34). The third-order valence-electron chi connectivity index (χ3n) is 5.10. The highest BCUT2D eigenvalue weighted by molar-refractivity contribution is 7.80. The van der Waals surface area contributed by atoms with Crippen molar-refractivity contribution in [1.82, 2.24) is 10.6 Å². The average Bonchev–Trinajstić information content (AvgIpc) is 3.03. The van der Waals surface area contributed by atoms with Crippen LogP contribution in [0.4, 0.5) is 11.4 Å². The van der Waals surface area contributed by atoms with Crippen molar-refractivity contribution >= 4 is 81.2 Å². The number of anilines is 2. The van der Waals surface area contributed by atoms with E-state index in [1.807, 2.05) is 6.92 Å². The van der Waals surface area contributed by atoms with Crippen molar-refractivity contribution in [1.29, 1.82) is 0 Å². The lowest BCUT2D eigenvalue weighted by Crippen LogP contribution is -2.56. The number of carbonyl (C=O) groups excluding carboxylic acids is 3. The zero-order chi connectivity index (χ0) is 24.9. The quantitative estimate of drug-likeness (QED) is 0.140. The molecule has 1 unspecified atom stereocenters. The molecule has 1 aliphatic rings. The molecule has 0 saturated carbocycles. The summed E-state index contributed by atoms with van der Waals surface area (Å²) in [5.74, 6) is -1.16. The number of benzene rings is 2. The number of hydrogen-bond donors (Lipinski definition) is 3. The molecule has 11 heteroatoms. The maximum absolute atomic E-state index is 12.9. The van der Waals surface area contributed by atoms with Crippen LogP contribution in [-0.4, -0.2) is 32.8 Å². The Morgan fingerprint density at radius 2 is 1.56 bits per heavy atom. The van der Waals surface area contributed by atoms with E-state index in [2.05, 4.69) is 16.0 Å². The molecule has 1 heterocycles. The monoisotopic (exact) mass is 540 g/mol. The lowest BCUT2D eigenvalue weighted by molar-refractivity contribution is -0.122. The van der Waals surface area contributed by atoms with Crippen molar-refractivity contribution in [3.05, 3.63) is 59.7 Å². The molecule has 3 rings (SSSR count). The molecule has 3 amide bonds. The van der Waals surface area contributed by atoms with Gasteiger partial charge in [0.25, 0.3) is 11.8 Å². The smallest absolute Gasteiger partial charge is 0.266 e. The van der Waals surface area contributed by atoms with Gasteiger partial charge in [-0.1, -0.05) is 78.8 Å². The van der Waals surface area contributed by atoms with Gasteiger partial charge in [-0.3, -0.25) is 14.4 Å². The fourth-order valence-corrected chi connectivity index (χ4v) is 4.00. The lowest BCUT2D eigenvalue weighted by atomic mass is 10.1. The summed E-state index contributed by atoms with van der Waals surface area (Å²) < 4.78 is -1.89. The zero-order valence-corrected chi connectivity index (χ0v) is 21.3. The van der Waals surface area contributed by atoms with Crippen LogP contribution in [0, 0.1) is 0 Å². The lowest BCUT2D eigenvalue weighted by Gasteiger charge is -2.28. The molecule has 0 saturated heterocycles. The number of fused-ring (bicyclic) bond motifs is 1. The number of rotatable bonds is 8. The van der Waals surface area contributed by atoms with Crippen molar-refractivity contribution in [2.75, 3.05) is 10.2 Å². The van der Waals surface area contributed by atoms with Crippen LogP contribution >= 0.6 is 47.0 Å². The van der Waals surface area contributed by atoms with Crippen LogP contribution in [0.15, 0.2) is 48.5 Å². The first kappa shape index (κ1) is 26.2. The van der Waals surface area contributed by atoms with Gasteiger partial charge in [0.15, 0.2) is 5.11 Å². The molecular weight excluding hydrogens is 519 g/mol. The normalized spacial score (nSPS) is 13.9. The zero-order valence-electron chi connectivity index (χ0n) is 18.2. The van der Waals surface area contributed by atoms with E-state index in [9.17, 15) is 14.4 Å². The number of imide groups is 1. The van der Waals surface area contributed by atoms with Crippen LogP contribution < -0.4 is 20.9 Å². The first-order valence-corrected chi connectivity index (χ1v) is 12.2. The minimum Gasteiger partial charge on any atom is -0.339 e. The molecule has 0 radical (unpaired) electrons. The number of nitrogens with one attached hydrogen (secondary N) is 3. The van der Waals surface area contributed by atoms with E-state index in [1.54, 1.807) is 48.5 Å². The van der Waals surface area contributed by atoms with Crippen LogP contribution in [0.1, 0.15) is 53.3 Å². The van der Waals surface area contributed by atoms with E-state index in [0.29, 0.717) is 28.9 Å². The number of thiocarbonyl (C=S) groups is 1. The Morgan fingerprint density at radius 1 is 0.971 bits per heavy atom. The molecule has 7 nitrogen and oxygen atoms in total. The van der Waals surface area contributed by atoms with Gasteiger partial charge >= 0.3 is 0 Å². The maximum Gasteiger partial charge on any atom is 0.266 e. The van der Waals surface area contributed by atoms with Crippen LogP contribution in [0.5, 0.6) is 0 Å². The summed E-state index contributed by atoms with van der Waals surface area (Å²) in [4.78, 5) is 39.2. The molecule has 3 N–H and O–H groups in total. The van der Waals surface area contributed by atoms with Gasteiger partial charge in [-0.15, -0.1) is 0 Å². The highest BCUT2D eigenvalue weighted by atomic mass is 35.6. The Morgan fingerprint density at radius 3 is 2.15 bits per heavy atom. The van der Waals surface area contributed by atoms with Gasteiger partial charge in [0.2, 0.25) is 9.70 Å². The number of amides is 3. The van der Waals surface area contributed by atoms with Crippen LogP contribution in [0.2, 0.25) is 0 Å². The maximum atomic E-state index is 12.9. The molecule has 0 bridgehead atoms. The molecule has 0 aliphatic carbocycles. The predicted octanol–water partition coefficient (Wildman–Crippen LogP) is 5.17. The van der Waals surface area contributed by atoms with Gasteiger partial charge in [0.05, 0.1) is 22.5 Å². The Hall–Kier alpha value is -2.39. The predicted molar refractivity (Wildman–Crippen MR) is 140 cm³/mol. The number of hydrogen-bond acceptors (Lipinski definition) is 4. The van der Waals surface area contributed by atoms with E-state index in [-0.39, 0.29) is 17.4 Å². The number of nitrogens with zero attached hydrogens (tertiary/aromatic N) is 1. The first-order chi connectivity index (χ1) is 16.1. The summed E-state index contributed by atoms with van der Waals surface area (Å²) in [6.07, 6.45) is 1.77. The van der Waals surface area contributed by atoms with Crippen LogP contribution in [0.25, 0.3) is 0 Å². The Labute approximate surface area is 218 Å². The molecule has 2 aromatic rings. The van der Waals surface area contributed by atoms with Gasteiger partial charge < -0.3 is 16.0 Å². The first-order valence-electron chi connectivity index (χ1n) is 10.6. The fraction of sp³-hybridized carbons (Fsp3) is 0.304. The summed E-state index contributed by atoms with van der Waals surface area (Å²) in [6, 6.07) is 13.3. The third-order valence-corrected chi connectivity index (χ3v) is 5.98. The number of carbonyl (C=O) groups is 3. The van der Waals surface area contributed by atoms with Crippen molar-refractivity contribution in [2.45, 2.75) is 42.6 Å². The minimum absolute atomic E-state index is 0.0224. The molecule has 1 atom stereocenters. The third kappa shape index (κ3) is 6.18. The molecule has 2 aromatic carbocycles. The van der Waals surface area contributed by atoms with Gasteiger partial charge in [-0.25, -0.2) is 4.90 Å². The molecule has 1 aliphatic heterocycles. The topological polar surface area (TPSA) is 90.5 Å². The Balaban J connectivity index is 1.75. The number of para-hydroxylation sites is 2. The highest BCUT2D eigenvalue weighted by Gasteiger charge is 2.38. The summed E-state index contributed by atoms with van der Waals surface area (Å²) in [5.41, 5.74) is 1.34. The fourth-order valence-electron chi connectivity index (χ4n) is 3.44. The number of halogens is 3. The molecule has 0 fully saturated rings. The molecule has 0 aromatic heterocycles. The van der Waals surface area contributed by atoms with E-state index < -0.39 is 21.8 Å². The molecule has 180 valence electrons. The summed E-state index contributed by atoms with van der Waals surface area (Å²) >= 11 is 23.5. The second kappa shape index (κ2) is 11.4. The van der Waals surface area contributed by atoms with E-state index in [1.165, 1.54) is 0 Å². The molecule has 0 spiro atoms. The Kier molecular flexibility index (Phi) is 8.76. The minimum atomic E-state index is -1.89. The SMILES string of the molecule is CCCCCC(=O)NC(NC(=S)Nc1ccccc1N1C(=O)c2ccccc2C1=O)C(Cl)(Cl)Cl. The molecule has 34 heavy (non-hydrogen) atoms. The summed E-state index contributed by atoms with van der Waals surface area (Å²) in [5, 5.41) is 8.38. The van der Waals surface area contributed by atoms with E-state index in [4.69, 9.17) is 47.0 Å². The van der Waals surface area contributed by atoms with Gasteiger partial charge in [-0.05, 0) is 42.9 Å². The number of alkyl halides is 3. The van der Waals surface area contributed by atoms with Crippen molar-refractivity contribution in [2.24, 2.45) is 0 Å². The number of unbranched alkanes of at least 4 members (excludes halogenated alkanes) is 2. The Bertz CT molecular complexity index is 1070. The average molecular weight is 542 g/mol. The summed E-state index contributed by atoms with van der Waals surface area (Å²) in [6.45, 7) is 2.04. The van der Waals surface area contributed by atoms with Gasteiger partial charge in [0, 0.05) is 6.42 Å². The largest absolute Gasteiger partial charge is 0.339 e. The van der Waals surface area contributed by atoms with Gasteiger partial charge in [-0.2, -0.15) is 0 Å². The highest BCUT2D eigenvalue weighted by Crippen LogP contribution is 2.34. The van der Waals surface area contributed by atoms with Crippen molar-refractivity contribution < 1.29 is 14.4 Å². The summed E-state index contributed by atoms with van der Waals surface area (Å²) in [7, 11) is 0. The second-order valence-corrected chi connectivity index (χ2v) is 10.4. The van der Waals surface area contributed by atoms with E-state index >= 15 is 0 Å². The van der Waals surface area contributed by atoms with Crippen LogP contribution in [0.3, 0.4) is 0 Å². The van der Waals surface area contributed by atoms with E-state index in [0.717, 1.165) is 17.7 Å². The van der Waals surface area contributed by atoms with Crippen molar-refractivity contribution in [3.8, 4) is 0 Å².